The van der Waals surface area contributed by atoms with Crippen LogP contribution in [0.25, 0.3) is 0 Å². The summed E-state index contributed by atoms with van der Waals surface area (Å²) in [7, 11) is 1.82. The van der Waals surface area contributed by atoms with Crippen LogP contribution < -0.4 is 5.32 Å². The van der Waals surface area contributed by atoms with Gasteiger partial charge in [-0.3, -0.25) is 4.90 Å². The van der Waals surface area contributed by atoms with E-state index in [0.29, 0.717) is 12.1 Å². The van der Waals surface area contributed by atoms with E-state index in [1.165, 1.54) is 45.2 Å². The number of hydrogen-bond acceptors (Lipinski definition) is 3. The van der Waals surface area contributed by atoms with Crippen molar-refractivity contribution in [1.29, 1.82) is 0 Å². The third-order valence-electron chi connectivity index (χ3n) is 3.83. The molecule has 16 heavy (non-hydrogen) atoms. The molecule has 2 atom stereocenters. The number of unbranched alkanes of at least 4 members (excludes halogenated alkanes) is 1. The van der Waals surface area contributed by atoms with E-state index in [1.807, 2.05) is 7.11 Å². The Bertz CT molecular complexity index is 206. The predicted octanol–water partition coefficient (Wildman–Crippen LogP) is 1.63. The van der Waals surface area contributed by atoms with Gasteiger partial charge >= 0.3 is 0 Å². The Morgan fingerprint density at radius 2 is 2.19 bits per heavy atom. The molecule has 0 aromatic carbocycles. The lowest BCUT2D eigenvalue weighted by atomic mass is 10.2. The van der Waals surface area contributed by atoms with Crippen molar-refractivity contribution in [1.82, 2.24) is 10.2 Å². The minimum Gasteiger partial charge on any atom is -0.380 e. The summed E-state index contributed by atoms with van der Waals surface area (Å²) in [5.41, 5.74) is 0. The average molecular weight is 226 g/mol. The molecule has 2 aliphatic rings. The van der Waals surface area contributed by atoms with Gasteiger partial charge in [0.1, 0.15) is 0 Å². The van der Waals surface area contributed by atoms with Crippen molar-refractivity contribution in [3.63, 3.8) is 0 Å². The number of nitrogens with one attached hydrogen (secondary N) is 1. The lowest BCUT2D eigenvalue weighted by Gasteiger charge is -2.25. The first kappa shape index (κ1) is 12.3. The molecule has 1 aliphatic heterocycles. The molecule has 2 unspecified atom stereocenters. The first-order valence-corrected chi connectivity index (χ1v) is 6.83. The summed E-state index contributed by atoms with van der Waals surface area (Å²) in [6.45, 7) is 5.83. The molecule has 3 heteroatoms. The zero-order chi connectivity index (χ0) is 11.4. The Morgan fingerprint density at radius 3 is 2.75 bits per heavy atom. The van der Waals surface area contributed by atoms with Crippen molar-refractivity contribution >= 4 is 0 Å². The largest absolute Gasteiger partial charge is 0.380 e. The average Bonchev–Trinajstić information content (AvgIpc) is 3.05. The normalized spacial score (nSPS) is 30.2. The number of ether oxygens (including phenoxy) is 1. The van der Waals surface area contributed by atoms with Gasteiger partial charge in [-0.05, 0) is 32.2 Å². The monoisotopic (exact) mass is 226 g/mol. The van der Waals surface area contributed by atoms with Crippen molar-refractivity contribution in [3.05, 3.63) is 0 Å². The molecular weight excluding hydrogens is 200 g/mol. The van der Waals surface area contributed by atoms with Gasteiger partial charge in [0, 0.05) is 32.3 Å². The number of rotatable bonds is 7. The molecular formula is C13H26N2O. The number of methoxy groups -OCH3 is 1. The zero-order valence-electron chi connectivity index (χ0n) is 10.7. The molecule has 2 fully saturated rings. The van der Waals surface area contributed by atoms with E-state index < -0.39 is 0 Å². The highest BCUT2D eigenvalue weighted by molar-refractivity contribution is 4.90. The van der Waals surface area contributed by atoms with Crippen molar-refractivity contribution in [2.75, 3.05) is 26.7 Å². The predicted molar refractivity (Wildman–Crippen MR) is 66.7 cm³/mol. The molecule has 94 valence electrons. The van der Waals surface area contributed by atoms with Crippen LogP contribution in [0.2, 0.25) is 0 Å². The van der Waals surface area contributed by atoms with Crippen molar-refractivity contribution < 1.29 is 4.74 Å². The van der Waals surface area contributed by atoms with Crippen LogP contribution in [0.3, 0.4) is 0 Å². The van der Waals surface area contributed by atoms with Gasteiger partial charge in [0.05, 0.1) is 6.10 Å². The molecule has 2 rings (SSSR count). The van der Waals surface area contributed by atoms with Gasteiger partial charge in [0.15, 0.2) is 0 Å². The fraction of sp³-hybridized carbons (Fsp3) is 1.00. The highest BCUT2D eigenvalue weighted by Gasteiger charge is 2.32. The van der Waals surface area contributed by atoms with Crippen LogP contribution in [0.4, 0.5) is 0 Å². The van der Waals surface area contributed by atoms with Crippen LogP contribution in [0.15, 0.2) is 0 Å². The minimum atomic E-state index is 0.442. The summed E-state index contributed by atoms with van der Waals surface area (Å²) < 4.78 is 5.40. The highest BCUT2D eigenvalue weighted by Crippen LogP contribution is 2.28. The van der Waals surface area contributed by atoms with E-state index in [9.17, 15) is 0 Å². The molecule has 0 spiro atoms. The Kier molecular flexibility index (Phi) is 4.62. The van der Waals surface area contributed by atoms with Crippen molar-refractivity contribution in [2.24, 2.45) is 0 Å². The van der Waals surface area contributed by atoms with E-state index in [-0.39, 0.29) is 0 Å². The van der Waals surface area contributed by atoms with Gasteiger partial charge in [-0.25, -0.2) is 0 Å². The maximum atomic E-state index is 5.40. The Balaban J connectivity index is 1.72. The lowest BCUT2D eigenvalue weighted by Crippen LogP contribution is -2.39. The fourth-order valence-corrected chi connectivity index (χ4v) is 2.61. The Hall–Kier alpha value is -0.120. The SMILES string of the molecule is CCCCN(CC1CC(OC)CN1)C1CC1. The van der Waals surface area contributed by atoms with Gasteiger partial charge in [-0.15, -0.1) is 0 Å². The molecule has 1 heterocycles. The van der Waals surface area contributed by atoms with Crippen LogP contribution in [0, 0.1) is 0 Å². The first-order chi connectivity index (χ1) is 7.83. The maximum Gasteiger partial charge on any atom is 0.0711 e. The van der Waals surface area contributed by atoms with Gasteiger partial charge in [0.25, 0.3) is 0 Å². The molecule has 1 saturated carbocycles. The Morgan fingerprint density at radius 1 is 1.38 bits per heavy atom. The first-order valence-electron chi connectivity index (χ1n) is 6.83. The van der Waals surface area contributed by atoms with Gasteiger partial charge in [-0.2, -0.15) is 0 Å². The van der Waals surface area contributed by atoms with E-state index >= 15 is 0 Å². The maximum absolute atomic E-state index is 5.40. The summed E-state index contributed by atoms with van der Waals surface area (Å²) in [6.07, 6.45) is 7.12. The molecule has 0 amide bonds. The molecule has 0 bridgehead atoms. The summed E-state index contributed by atoms with van der Waals surface area (Å²) in [5.74, 6) is 0. The van der Waals surface area contributed by atoms with Crippen LogP contribution in [0.1, 0.15) is 39.0 Å². The van der Waals surface area contributed by atoms with Crippen molar-refractivity contribution in [2.45, 2.75) is 57.2 Å². The summed E-state index contributed by atoms with van der Waals surface area (Å²) in [4.78, 5) is 2.69. The molecule has 1 saturated heterocycles. The molecule has 1 N–H and O–H groups in total. The smallest absolute Gasteiger partial charge is 0.0711 e. The molecule has 0 radical (unpaired) electrons. The quantitative estimate of drug-likeness (QED) is 0.714. The second-order valence-corrected chi connectivity index (χ2v) is 5.28. The second kappa shape index (κ2) is 5.99. The lowest BCUT2D eigenvalue weighted by molar-refractivity contribution is 0.115. The minimum absolute atomic E-state index is 0.442. The molecule has 1 aliphatic carbocycles. The molecule has 0 aromatic rings. The second-order valence-electron chi connectivity index (χ2n) is 5.28. The molecule has 0 aromatic heterocycles. The van der Waals surface area contributed by atoms with Crippen molar-refractivity contribution in [3.8, 4) is 0 Å². The van der Waals surface area contributed by atoms with E-state index in [0.717, 1.165) is 12.6 Å². The van der Waals surface area contributed by atoms with Gasteiger partial charge in [0.2, 0.25) is 0 Å². The number of nitrogens with zero attached hydrogens (tertiary/aromatic N) is 1. The van der Waals surface area contributed by atoms with Crippen LogP contribution in [-0.2, 0) is 4.74 Å². The van der Waals surface area contributed by atoms with Gasteiger partial charge in [-0.1, -0.05) is 13.3 Å². The third kappa shape index (κ3) is 3.44. The summed E-state index contributed by atoms with van der Waals surface area (Å²) in [5, 5.41) is 3.58. The topological polar surface area (TPSA) is 24.5 Å². The third-order valence-corrected chi connectivity index (χ3v) is 3.83. The fourth-order valence-electron chi connectivity index (χ4n) is 2.61. The zero-order valence-corrected chi connectivity index (χ0v) is 10.7. The van der Waals surface area contributed by atoms with Crippen LogP contribution in [-0.4, -0.2) is 49.8 Å². The highest BCUT2D eigenvalue weighted by atomic mass is 16.5. The summed E-state index contributed by atoms with van der Waals surface area (Å²) in [6, 6.07) is 1.55. The standard InChI is InChI=1S/C13H26N2O/c1-3-4-7-15(12-5-6-12)10-11-8-13(16-2)9-14-11/h11-14H,3-10H2,1-2H3. The van der Waals surface area contributed by atoms with E-state index in [2.05, 4.69) is 17.1 Å². The Labute approximate surface area is 99.5 Å². The van der Waals surface area contributed by atoms with Crippen LogP contribution >= 0.6 is 0 Å². The molecule has 3 nitrogen and oxygen atoms in total. The number of hydrogen-bond donors (Lipinski definition) is 1. The van der Waals surface area contributed by atoms with Crippen LogP contribution in [0.5, 0.6) is 0 Å². The van der Waals surface area contributed by atoms with E-state index in [4.69, 9.17) is 4.74 Å². The summed E-state index contributed by atoms with van der Waals surface area (Å²) >= 11 is 0. The van der Waals surface area contributed by atoms with E-state index in [1.54, 1.807) is 0 Å². The van der Waals surface area contributed by atoms with Gasteiger partial charge < -0.3 is 10.1 Å².